The van der Waals surface area contributed by atoms with Crippen LogP contribution in [0.25, 0.3) is 0 Å². The Morgan fingerprint density at radius 1 is 1.28 bits per heavy atom. The number of sulfonamides is 1. The predicted octanol–water partition coefficient (Wildman–Crippen LogP) is 3.49. The summed E-state index contributed by atoms with van der Waals surface area (Å²) < 4.78 is 52.4. The molecule has 0 aromatic heterocycles. The summed E-state index contributed by atoms with van der Waals surface area (Å²) in [4.78, 5) is 0. The summed E-state index contributed by atoms with van der Waals surface area (Å²) in [5.74, 6) is -1.85. The zero-order chi connectivity index (χ0) is 13.9. The molecule has 0 spiro atoms. The molecule has 0 saturated carbocycles. The van der Waals surface area contributed by atoms with Gasteiger partial charge in [-0.15, -0.1) is 0 Å². The Bertz CT molecular complexity index is 510. The van der Waals surface area contributed by atoms with E-state index in [1.807, 2.05) is 0 Å². The van der Waals surface area contributed by atoms with Crippen molar-refractivity contribution in [1.29, 1.82) is 0 Å². The lowest BCUT2D eigenvalue weighted by Gasteiger charge is -2.12. The molecule has 0 atom stereocenters. The van der Waals surface area contributed by atoms with Crippen LogP contribution in [0, 0.1) is 11.6 Å². The third-order valence-corrected chi connectivity index (χ3v) is 3.90. The van der Waals surface area contributed by atoms with Gasteiger partial charge in [-0.05, 0) is 24.5 Å². The molecule has 0 radical (unpaired) electrons. The number of anilines is 1. The van der Waals surface area contributed by atoms with E-state index in [9.17, 15) is 17.2 Å². The highest BCUT2D eigenvalue weighted by Gasteiger charge is 2.16. The molecule has 1 aromatic carbocycles. The number of halogens is 2. The quantitative estimate of drug-likeness (QED) is 0.896. The van der Waals surface area contributed by atoms with Crippen molar-refractivity contribution in [2.75, 3.05) is 10.5 Å². The van der Waals surface area contributed by atoms with Crippen LogP contribution in [0.2, 0.25) is 0 Å². The van der Waals surface area contributed by atoms with Gasteiger partial charge in [-0.2, -0.15) is 0 Å². The van der Waals surface area contributed by atoms with Gasteiger partial charge in [-0.25, -0.2) is 17.2 Å². The lowest BCUT2D eigenvalue weighted by Crippen LogP contribution is -2.16. The summed E-state index contributed by atoms with van der Waals surface area (Å²) >= 11 is 0. The van der Waals surface area contributed by atoms with E-state index in [4.69, 9.17) is 0 Å². The average molecular weight is 279 g/mol. The molecule has 1 rings (SSSR count). The van der Waals surface area contributed by atoms with Crippen molar-refractivity contribution in [2.45, 2.75) is 33.1 Å². The number of hydrogen-bond acceptors (Lipinski definition) is 2. The van der Waals surface area contributed by atoms with E-state index in [-0.39, 0.29) is 24.3 Å². The first-order chi connectivity index (χ1) is 8.26. The highest BCUT2D eigenvalue weighted by molar-refractivity contribution is 7.92. The molecule has 0 bridgehead atoms. The van der Waals surface area contributed by atoms with Crippen LogP contribution >= 0.6 is 0 Å². The molecule has 1 aromatic rings. The molecule has 1 N–H and O–H groups in total. The van der Waals surface area contributed by atoms with Crippen LogP contribution in [-0.2, 0) is 10.0 Å². The largest absolute Gasteiger partial charge is 0.283 e. The van der Waals surface area contributed by atoms with E-state index in [0.29, 0.717) is 6.42 Å². The molecule has 3 nitrogen and oxygen atoms in total. The smallest absolute Gasteiger partial charge is 0.232 e. The number of benzene rings is 1. The van der Waals surface area contributed by atoms with E-state index < -0.39 is 21.7 Å². The summed E-state index contributed by atoms with van der Waals surface area (Å²) in [6, 6.07) is 2.01. The maximum absolute atomic E-state index is 13.6. The van der Waals surface area contributed by atoms with Crippen molar-refractivity contribution >= 4 is 15.7 Å². The molecule has 0 unspecified atom stereocenters. The number of hydrogen-bond donors (Lipinski definition) is 1. The molecular weight excluding hydrogens is 260 g/mol. The van der Waals surface area contributed by atoms with Crippen molar-refractivity contribution in [3.63, 3.8) is 0 Å². The van der Waals surface area contributed by atoms with Gasteiger partial charge in [0, 0.05) is 6.99 Å². The second-order valence-electron chi connectivity index (χ2n) is 4.43. The Morgan fingerprint density at radius 3 is 2.17 bits per heavy atom. The Kier molecular flexibility index (Phi) is 4.67. The molecule has 0 aliphatic heterocycles. The van der Waals surface area contributed by atoms with Gasteiger partial charge in [-0.1, -0.05) is 20.8 Å². The molecule has 0 heterocycles. The van der Waals surface area contributed by atoms with Gasteiger partial charge in [-0.3, -0.25) is 4.72 Å². The number of nitrogens with one attached hydrogen (secondary N) is 1. The molecule has 0 fully saturated rings. The lowest BCUT2D eigenvalue weighted by atomic mass is 10.0. The highest BCUT2D eigenvalue weighted by Crippen LogP contribution is 2.25. The van der Waals surface area contributed by atoms with Crippen molar-refractivity contribution in [2.24, 2.45) is 0 Å². The Labute approximate surface area is 108 Å². The molecular formula is C12H19F2NO2S. The van der Waals surface area contributed by atoms with Gasteiger partial charge in [0.1, 0.15) is 11.6 Å². The minimum atomic E-state index is -3.53. The van der Waals surface area contributed by atoms with Gasteiger partial charge < -0.3 is 0 Å². The summed E-state index contributed by atoms with van der Waals surface area (Å²) in [6.45, 7) is 5.05. The summed E-state index contributed by atoms with van der Waals surface area (Å²) in [6.07, 6.45) is 0.435. The van der Waals surface area contributed by atoms with Crippen LogP contribution in [0.15, 0.2) is 12.1 Å². The number of rotatable bonds is 5. The van der Waals surface area contributed by atoms with Crippen molar-refractivity contribution < 1.29 is 18.6 Å². The summed E-state index contributed by atoms with van der Waals surface area (Å²) in [5.41, 5.74) is -0.115. The fraction of sp³-hybridized carbons (Fsp3) is 0.500. The first-order valence-corrected chi connectivity index (χ1v) is 7.41. The molecule has 6 heteroatoms. The topological polar surface area (TPSA) is 46.2 Å². The zero-order valence-electron chi connectivity index (χ0n) is 10.6. The lowest BCUT2D eigenvalue weighted by molar-refractivity contribution is 0.542. The van der Waals surface area contributed by atoms with E-state index in [1.54, 1.807) is 20.8 Å². The molecule has 0 saturated heterocycles. The maximum Gasteiger partial charge on any atom is 0.232 e. The van der Waals surface area contributed by atoms with Crippen LogP contribution < -0.4 is 4.72 Å². The fourth-order valence-electron chi connectivity index (χ4n) is 1.69. The summed E-state index contributed by atoms with van der Waals surface area (Å²) in [5, 5.41) is 0. The maximum atomic E-state index is 13.6. The zero-order valence-corrected chi connectivity index (χ0v) is 11.4. The molecule has 0 aliphatic carbocycles. The SMILES string of the molecule is CCCS(=O)(=O)Nc1cc(F)c(C(C)C)c(F)c1.[HH]. The Balaban J connectivity index is 0.00000324. The fourth-order valence-corrected chi connectivity index (χ4v) is 2.81. The van der Waals surface area contributed by atoms with Crippen LogP contribution in [-0.4, -0.2) is 14.2 Å². The third-order valence-electron chi connectivity index (χ3n) is 2.40. The van der Waals surface area contributed by atoms with E-state index >= 15 is 0 Å². The van der Waals surface area contributed by atoms with Gasteiger partial charge in [0.25, 0.3) is 0 Å². The van der Waals surface area contributed by atoms with Gasteiger partial charge >= 0.3 is 0 Å². The van der Waals surface area contributed by atoms with Gasteiger partial charge in [0.05, 0.1) is 11.4 Å². The van der Waals surface area contributed by atoms with E-state index in [1.165, 1.54) is 0 Å². The van der Waals surface area contributed by atoms with E-state index in [2.05, 4.69) is 4.72 Å². The van der Waals surface area contributed by atoms with Crippen LogP contribution in [0.1, 0.15) is 40.1 Å². The van der Waals surface area contributed by atoms with Crippen LogP contribution in [0.3, 0.4) is 0 Å². The first-order valence-electron chi connectivity index (χ1n) is 5.76. The van der Waals surface area contributed by atoms with E-state index in [0.717, 1.165) is 12.1 Å². The standard InChI is InChI=1S/C12H17F2NO2S.H2/c1-4-5-18(16,17)15-9-6-10(13)12(8(2)3)11(14)7-9;/h6-8,15H,4-5H2,1-3H3;1H. The molecule has 104 valence electrons. The van der Waals surface area contributed by atoms with Gasteiger partial charge in [0.15, 0.2) is 0 Å². The minimum Gasteiger partial charge on any atom is -0.283 e. The average Bonchev–Trinajstić information content (AvgIpc) is 2.13. The second-order valence-corrected chi connectivity index (χ2v) is 6.27. The molecule has 0 aliphatic rings. The summed E-state index contributed by atoms with van der Waals surface area (Å²) in [7, 11) is -3.53. The monoisotopic (exact) mass is 279 g/mol. The normalized spacial score (nSPS) is 11.9. The Morgan fingerprint density at radius 2 is 1.78 bits per heavy atom. The molecule has 18 heavy (non-hydrogen) atoms. The second kappa shape index (κ2) is 5.65. The van der Waals surface area contributed by atoms with Crippen LogP contribution in [0.4, 0.5) is 14.5 Å². The molecule has 0 amide bonds. The predicted molar refractivity (Wildman–Crippen MR) is 70.3 cm³/mol. The van der Waals surface area contributed by atoms with Gasteiger partial charge in [0.2, 0.25) is 10.0 Å². The Hall–Kier alpha value is -1.17. The van der Waals surface area contributed by atoms with Crippen molar-refractivity contribution in [3.05, 3.63) is 29.3 Å². The van der Waals surface area contributed by atoms with Crippen molar-refractivity contribution in [3.8, 4) is 0 Å². The van der Waals surface area contributed by atoms with Crippen molar-refractivity contribution in [1.82, 2.24) is 0 Å². The highest BCUT2D eigenvalue weighted by atomic mass is 32.2. The third kappa shape index (κ3) is 3.66. The van der Waals surface area contributed by atoms with Crippen LogP contribution in [0.5, 0.6) is 0 Å². The minimum absolute atomic E-state index is 0. The first kappa shape index (κ1) is 14.9.